The van der Waals surface area contributed by atoms with Gasteiger partial charge in [-0.15, -0.1) is 16.4 Å². The van der Waals surface area contributed by atoms with Crippen LogP contribution >= 0.6 is 11.3 Å². The molecule has 8 heteroatoms. The van der Waals surface area contributed by atoms with E-state index < -0.39 is 0 Å². The fraction of sp³-hybridized carbons (Fsp3) is 0.111. The van der Waals surface area contributed by atoms with E-state index in [9.17, 15) is 0 Å². The Bertz CT molecular complexity index is 640. The van der Waals surface area contributed by atoms with E-state index in [1.807, 2.05) is 17.5 Å². The van der Waals surface area contributed by atoms with Crippen molar-refractivity contribution in [3.05, 3.63) is 17.5 Å². The van der Waals surface area contributed by atoms with Crippen molar-refractivity contribution < 1.29 is 4.63 Å². The van der Waals surface area contributed by atoms with Crippen molar-refractivity contribution in [3.8, 4) is 22.2 Å². The highest BCUT2D eigenvalue weighted by molar-refractivity contribution is 7.13. The lowest BCUT2D eigenvalue weighted by atomic mass is 10.4. The number of nitrogens with two attached hydrogens (primary N) is 1. The van der Waals surface area contributed by atoms with E-state index in [0.29, 0.717) is 17.3 Å². The fourth-order valence-corrected chi connectivity index (χ4v) is 2.10. The molecule has 0 aromatic carbocycles. The zero-order valence-electron chi connectivity index (χ0n) is 8.86. The molecule has 0 aliphatic carbocycles. The van der Waals surface area contributed by atoms with E-state index in [1.54, 1.807) is 23.1 Å². The largest absolute Gasteiger partial charge is 0.379 e. The Balaban J connectivity index is 2.11. The molecule has 0 bridgehead atoms. The molecule has 0 saturated heterocycles. The predicted octanol–water partition coefficient (Wildman–Crippen LogP) is 1.18. The lowest BCUT2D eigenvalue weighted by Crippen LogP contribution is -1.97. The van der Waals surface area contributed by atoms with Crippen molar-refractivity contribution in [1.82, 2.24) is 25.1 Å². The first kappa shape index (κ1) is 9.97. The highest BCUT2D eigenvalue weighted by atomic mass is 32.1. The maximum absolute atomic E-state index is 5.62. The third-order valence-corrected chi connectivity index (χ3v) is 3.10. The number of thiophene rings is 1. The number of nitrogen functional groups attached to an aromatic ring is 1. The molecule has 3 aromatic rings. The summed E-state index contributed by atoms with van der Waals surface area (Å²) in [5.41, 5.74) is 6.03. The standard InChI is InChI=1S/C9H8N6OS/c1-15-9(6-7(10)14-16-13-6)11-8(12-15)5-3-2-4-17-5/h2-4H,1H3,(H2,10,14). The van der Waals surface area contributed by atoms with E-state index in [2.05, 4.69) is 25.0 Å². The summed E-state index contributed by atoms with van der Waals surface area (Å²) in [4.78, 5) is 5.36. The average Bonchev–Trinajstić information content (AvgIpc) is 2.98. The van der Waals surface area contributed by atoms with Crippen LogP contribution in [0.3, 0.4) is 0 Å². The van der Waals surface area contributed by atoms with Crippen LogP contribution in [0.2, 0.25) is 0 Å². The Morgan fingerprint density at radius 3 is 2.94 bits per heavy atom. The van der Waals surface area contributed by atoms with Crippen LogP contribution in [0.1, 0.15) is 0 Å². The second-order valence-corrected chi connectivity index (χ2v) is 4.31. The van der Waals surface area contributed by atoms with Crippen LogP contribution < -0.4 is 5.73 Å². The van der Waals surface area contributed by atoms with Crippen molar-refractivity contribution in [2.75, 3.05) is 5.73 Å². The van der Waals surface area contributed by atoms with Gasteiger partial charge in [0.05, 0.1) is 4.88 Å². The quantitative estimate of drug-likeness (QED) is 0.731. The molecule has 7 nitrogen and oxygen atoms in total. The van der Waals surface area contributed by atoms with Gasteiger partial charge in [0.15, 0.2) is 23.2 Å². The van der Waals surface area contributed by atoms with E-state index in [1.165, 1.54) is 0 Å². The molecule has 0 amide bonds. The topological polar surface area (TPSA) is 95.6 Å². The second-order valence-electron chi connectivity index (χ2n) is 3.36. The Kier molecular flexibility index (Phi) is 2.15. The van der Waals surface area contributed by atoms with Gasteiger partial charge in [0.2, 0.25) is 0 Å². The number of rotatable bonds is 2. The van der Waals surface area contributed by atoms with Gasteiger partial charge in [0, 0.05) is 7.05 Å². The minimum atomic E-state index is 0.207. The molecule has 2 N–H and O–H groups in total. The van der Waals surface area contributed by atoms with Gasteiger partial charge in [-0.3, -0.25) is 0 Å². The monoisotopic (exact) mass is 248 g/mol. The smallest absolute Gasteiger partial charge is 0.199 e. The van der Waals surface area contributed by atoms with Crippen LogP contribution in [0.15, 0.2) is 22.1 Å². The van der Waals surface area contributed by atoms with Crippen LogP contribution in [0.4, 0.5) is 5.82 Å². The first-order valence-electron chi connectivity index (χ1n) is 4.79. The molecule has 0 spiro atoms. The Hall–Kier alpha value is -2.22. The average molecular weight is 248 g/mol. The number of anilines is 1. The molecule has 86 valence electrons. The molecule has 17 heavy (non-hydrogen) atoms. The Morgan fingerprint density at radius 2 is 2.29 bits per heavy atom. The number of aromatic nitrogens is 5. The molecule has 3 aromatic heterocycles. The molecular weight excluding hydrogens is 240 g/mol. The van der Waals surface area contributed by atoms with E-state index in [4.69, 9.17) is 5.73 Å². The van der Waals surface area contributed by atoms with E-state index in [-0.39, 0.29) is 5.82 Å². The van der Waals surface area contributed by atoms with Crippen LogP contribution in [-0.2, 0) is 7.05 Å². The molecular formula is C9H8N6OS. The molecule has 3 heterocycles. The van der Waals surface area contributed by atoms with Crippen molar-refractivity contribution >= 4 is 17.2 Å². The predicted molar refractivity (Wildman–Crippen MR) is 62.0 cm³/mol. The van der Waals surface area contributed by atoms with Gasteiger partial charge in [-0.2, -0.15) is 0 Å². The lowest BCUT2D eigenvalue weighted by Gasteiger charge is -1.92. The van der Waals surface area contributed by atoms with Crippen molar-refractivity contribution in [2.24, 2.45) is 7.05 Å². The van der Waals surface area contributed by atoms with Crippen molar-refractivity contribution in [2.45, 2.75) is 0 Å². The number of hydrogen-bond donors (Lipinski definition) is 1. The molecule has 0 aliphatic rings. The van der Waals surface area contributed by atoms with Gasteiger partial charge in [-0.25, -0.2) is 14.3 Å². The van der Waals surface area contributed by atoms with Crippen molar-refractivity contribution in [1.29, 1.82) is 0 Å². The SMILES string of the molecule is Cn1nc(-c2cccs2)nc1-c1nonc1N. The third kappa shape index (κ3) is 1.58. The van der Waals surface area contributed by atoms with Gasteiger partial charge in [0.1, 0.15) is 0 Å². The zero-order valence-corrected chi connectivity index (χ0v) is 9.68. The highest BCUT2D eigenvalue weighted by Gasteiger charge is 2.17. The third-order valence-electron chi connectivity index (χ3n) is 2.23. The van der Waals surface area contributed by atoms with Gasteiger partial charge in [0.25, 0.3) is 0 Å². The van der Waals surface area contributed by atoms with Crippen LogP contribution in [0.5, 0.6) is 0 Å². The van der Waals surface area contributed by atoms with Gasteiger partial charge in [-0.1, -0.05) is 6.07 Å². The first-order valence-corrected chi connectivity index (χ1v) is 5.67. The zero-order chi connectivity index (χ0) is 11.8. The van der Waals surface area contributed by atoms with E-state index >= 15 is 0 Å². The van der Waals surface area contributed by atoms with E-state index in [0.717, 1.165) is 4.88 Å². The molecule has 0 aliphatic heterocycles. The van der Waals surface area contributed by atoms with Crippen LogP contribution in [0.25, 0.3) is 22.2 Å². The van der Waals surface area contributed by atoms with Crippen molar-refractivity contribution in [3.63, 3.8) is 0 Å². The summed E-state index contributed by atoms with van der Waals surface area (Å²) in [6, 6.07) is 3.90. The normalized spacial score (nSPS) is 10.9. The summed E-state index contributed by atoms with van der Waals surface area (Å²) in [6.45, 7) is 0. The lowest BCUT2D eigenvalue weighted by molar-refractivity contribution is 0.310. The summed E-state index contributed by atoms with van der Waals surface area (Å²) < 4.78 is 6.15. The van der Waals surface area contributed by atoms with Crippen LogP contribution in [-0.4, -0.2) is 25.1 Å². The number of nitrogens with zero attached hydrogens (tertiary/aromatic N) is 5. The minimum Gasteiger partial charge on any atom is -0.379 e. The minimum absolute atomic E-state index is 0.207. The molecule has 0 fully saturated rings. The van der Waals surface area contributed by atoms with Gasteiger partial charge >= 0.3 is 0 Å². The highest BCUT2D eigenvalue weighted by Crippen LogP contribution is 2.25. The Labute approximate surface area is 99.9 Å². The fourth-order valence-electron chi connectivity index (χ4n) is 1.45. The van der Waals surface area contributed by atoms with Gasteiger partial charge in [-0.05, 0) is 21.8 Å². The maximum Gasteiger partial charge on any atom is 0.199 e. The van der Waals surface area contributed by atoms with Gasteiger partial charge < -0.3 is 5.73 Å². The first-order chi connectivity index (χ1) is 8.25. The summed E-state index contributed by atoms with van der Waals surface area (Å²) in [5.74, 6) is 1.38. The molecule has 3 rings (SSSR count). The molecule has 0 radical (unpaired) electrons. The van der Waals surface area contributed by atoms with Crippen LogP contribution in [0, 0.1) is 0 Å². The summed E-state index contributed by atoms with van der Waals surface area (Å²) in [6.07, 6.45) is 0. The summed E-state index contributed by atoms with van der Waals surface area (Å²) >= 11 is 1.57. The molecule has 0 unspecified atom stereocenters. The maximum atomic E-state index is 5.62. The number of hydrogen-bond acceptors (Lipinski definition) is 7. The number of aryl methyl sites for hydroxylation is 1. The second kappa shape index (κ2) is 3.67. The summed E-state index contributed by atoms with van der Waals surface area (Å²) in [7, 11) is 1.77. The molecule has 0 saturated carbocycles. The summed E-state index contributed by atoms with van der Waals surface area (Å²) in [5, 5.41) is 13.5. The molecule has 0 atom stereocenters. The Morgan fingerprint density at radius 1 is 1.41 bits per heavy atom.